The predicted octanol–water partition coefficient (Wildman–Crippen LogP) is -0.516. The maximum Gasteiger partial charge on any atom is 0.407 e. The molecule has 0 heterocycles. The van der Waals surface area contributed by atoms with E-state index in [0.717, 1.165) is 0 Å². The van der Waals surface area contributed by atoms with Crippen LogP contribution in [-0.4, -0.2) is 52.2 Å². The summed E-state index contributed by atoms with van der Waals surface area (Å²) in [5.41, 5.74) is 0. The third-order valence-electron chi connectivity index (χ3n) is 2.87. The fourth-order valence-corrected chi connectivity index (χ4v) is 1.92. The molecule has 4 atom stereocenters. The van der Waals surface area contributed by atoms with Crippen LogP contribution in [0.5, 0.6) is 0 Å². The summed E-state index contributed by atoms with van der Waals surface area (Å²) < 4.78 is 4.68. The van der Waals surface area contributed by atoms with E-state index in [9.17, 15) is 19.8 Å². The summed E-state index contributed by atoms with van der Waals surface area (Å²) in [6.07, 6.45) is -1.66. The van der Waals surface area contributed by atoms with Crippen LogP contribution in [0, 0.1) is 5.92 Å². The number of rotatable bonds is 4. The smallest absolute Gasteiger partial charge is 0.407 e. The number of aliphatic carboxylic acids is 1. The highest BCUT2D eigenvalue weighted by Crippen LogP contribution is 2.25. The molecule has 0 unspecified atom stereocenters. The summed E-state index contributed by atoms with van der Waals surface area (Å²) in [6, 6.07) is -0.766. The van der Waals surface area contributed by atoms with Gasteiger partial charge in [-0.3, -0.25) is 4.79 Å². The Kier molecular flexibility index (Phi) is 5.11. The van der Waals surface area contributed by atoms with Crippen molar-refractivity contribution in [2.24, 2.45) is 5.92 Å². The number of carbonyl (C=O) groups excluding carboxylic acids is 1. The first kappa shape index (κ1) is 14.5. The summed E-state index contributed by atoms with van der Waals surface area (Å²) in [6.45, 7) is 3.39. The van der Waals surface area contributed by atoms with E-state index in [2.05, 4.69) is 16.6 Å². The third-order valence-corrected chi connectivity index (χ3v) is 2.87. The van der Waals surface area contributed by atoms with Gasteiger partial charge in [0.15, 0.2) is 0 Å². The van der Waals surface area contributed by atoms with Crippen LogP contribution in [0.4, 0.5) is 4.79 Å². The highest BCUT2D eigenvalue weighted by Gasteiger charge is 2.40. The Balaban J connectivity index is 2.62. The molecule has 0 aromatic heterocycles. The average molecular weight is 259 g/mol. The fourth-order valence-electron chi connectivity index (χ4n) is 1.92. The molecule has 0 aliphatic heterocycles. The van der Waals surface area contributed by atoms with Gasteiger partial charge in [0, 0.05) is 6.04 Å². The number of amides is 1. The van der Waals surface area contributed by atoms with Crippen LogP contribution in [0.3, 0.4) is 0 Å². The van der Waals surface area contributed by atoms with Gasteiger partial charge in [0.2, 0.25) is 0 Å². The molecule has 1 amide bonds. The maximum absolute atomic E-state index is 11.3. The van der Waals surface area contributed by atoms with Gasteiger partial charge in [0.25, 0.3) is 0 Å². The minimum atomic E-state index is -1.13. The third kappa shape index (κ3) is 3.71. The van der Waals surface area contributed by atoms with Gasteiger partial charge in [-0.25, -0.2) is 4.79 Å². The van der Waals surface area contributed by atoms with Crippen molar-refractivity contribution in [3.63, 3.8) is 0 Å². The van der Waals surface area contributed by atoms with Gasteiger partial charge in [0.1, 0.15) is 6.61 Å². The molecule has 4 N–H and O–H groups in total. The topological polar surface area (TPSA) is 116 Å². The SMILES string of the molecule is C=CCOC(=O)N[C@@H]1C[C@@H](O)[C@@H](O)C[C@@H]1C(=O)O. The Bertz CT molecular complexity index is 331. The summed E-state index contributed by atoms with van der Waals surface area (Å²) in [4.78, 5) is 22.3. The fraction of sp³-hybridized carbons (Fsp3) is 0.636. The normalized spacial score (nSPS) is 31.4. The number of hydrogen-bond acceptors (Lipinski definition) is 5. The molecule has 1 aliphatic carbocycles. The van der Waals surface area contributed by atoms with E-state index in [1.165, 1.54) is 6.08 Å². The zero-order chi connectivity index (χ0) is 13.7. The zero-order valence-electron chi connectivity index (χ0n) is 9.78. The van der Waals surface area contributed by atoms with Gasteiger partial charge in [-0.15, -0.1) is 0 Å². The second kappa shape index (κ2) is 6.36. The summed E-state index contributed by atoms with van der Waals surface area (Å²) >= 11 is 0. The first-order chi connectivity index (χ1) is 8.45. The monoisotopic (exact) mass is 259 g/mol. The van der Waals surface area contributed by atoms with Crippen LogP contribution in [0.15, 0.2) is 12.7 Å². The second-order valence-corrected chi connectivity index (χ2v) is 4.19. The number of carboxylic acids is 1. The van der Waals surface area contributed by atoms with Crippen LogP contribution >= 0.6 is 0 Å². The van der Waals surface area contributed by atoms with E-state index in [0.29, 0.717) is 0 Å². The van der Waals surface area contributed by atoms with Crippen molar-refractivity contribution < 1.29 is 29.6 Å². The molecule has 1 rings (SSSR count). The molecule has 7 nitrogen and oxygen atoms in total. The van der Waals surface area contributed by atoms with Gasteiger partial charge < -0.3 is 25.4 Å². The molecule has 7 heteroatoms. The van der Waals surface area contributed by atoms with E-state index >= 15 is 0 Å². The van der Waals surface area contributed by atoms with E-state index in [1.54, 1.807) is 0 Å². The molecule has 1 fully saturated rings. The molecular formula is C11H17NO6. The Labute approximate surface area is 104 Å². The Hall–Kier alpha value is -1.60. The van der Waals surface area contributed by atoms with Gasteiger partial charge in [-0.05, 0) is 12.8 Å². The number of alkyl carbamates (subject to hydrolysis) is 1. The summed E-state index contributed by atoms with van der Waals surface area (Å²) in [7, 11) is 0. The second-order valence-electron chi connectivity index (χ2n) is 4.19. The quantitative estimate of drug-likeness (QED) is 0.505. The van der Waals surface area contributed by atoms with Crippen LogP contribution < -0.4 is 5.32 Å². The van der Waals surface area contributed by atoms with Gasteiger partial charge in [-0.1, -0.05) is 12.7 Å². The van der Waals surface area contributed by atoms with Crippen molar-refractivity contribution in [1.29, 1.82) is 0 Å². The number of hydrogen-bond donors (Lipinski definition) is 4. The largest absolute Gasteiger partial charge is 0.481 e. The minimum Gasteiger partial charge on any atom is -0.481 e. The van der Waals surface area contributed by atoms with Gasteiger partial charge >= 0.3 is 12.1 Å². The number of carbonyl (C=O) groups is 2. The lowest BCUT2D eigenvalue weighted by atomic mass is 9.81. The zero-order valence-corrected chi connectivity index (χ0v) is 9.78. The van der Waals surface area contributed by atoms with E-state index in [-0.39, 0.29) is 19.4 Å². The Morgan fingerprint density at radius 1 is 1.33 bits per heavy atom. The minimum absolute atomic E-state index is 0.0153. The molecule has 0 aromatic rings. The maximum atomic E-state index is 11.3. The molecule has 0 aromatic carbocycles. The van der Waals surface area contributed by atoms with E-state index in [4.69, 9.17) is 5.11 Å². The van der Waals surface area contributed by atoms with Crippen molar-refractivity contribution >= 4 is 12.1 Å². The van der Waals surface area contributed by atoms with Crippen LogP contribution in [0.1, 0.15) is 12.8 Å². The Morgan fingerprint density at radius 3 is 2.50 bits per heavy atom. The first-order valence-corrected chi connectivity index (χ1v) is 5.58. The summed E-state index contributed by atoms with van der Waals surface area (Å²) in [5, 5.41) is 30.3. The highest BCUT2D eigenvalue weighted by atomic mass is 16.5. The van der Waals surface area contributed by atoms with Crippen molar-refractivity contribution in [2.45, 2.75) is 31.1 Å². The van der Waals surface area contributed by atoms with Crippen molar-refractivity contribution in [1.82, 2.24) is 5.32 Å². The van der Waals surface area contributed by atoms with Crippen LogP contribution in [0.25, 0.3) is 0 Å². The number of carboxylic acid groups (broad SMARTS) is 1. The lowest BCUT2D eigenvalue weighted by Crippen LogP contribution is -2.52. The standard InChI is InChI=1S/C11H17NO6/c1-2-3-18-11(17)12-7-5-9(14)8(13)4-6(7)10(15)16/h2,6-9,13-14H,1,3-5H2,(H,12,17)(H,15,16)/t6-,7+,8-,9+/m0/s1. The molecular weight excluding hydrogens is 242 g/mol. The van der Waals surface area contributed by atoms with Crippen LogP contribution in [-0.2, 0) is 9.53 Å². The molecule has 0 saturated heterocycles. The van der Waals surface area contributed by atoms with Gasteiger partial charge in [0.05, 0.1) is 18.1 Å². The highest BCUT2D eigenvalue weighted by molar-refractivity contribution is 5.73. The average Bonchev–Trinajstić information content (AvgIpc) is 2.30. The molecule has 1 aliphatic rings. The van der Waals surface area contributed by atoms with Crippen molar-refractivity contribution in [3.05, 3.63) is 12.7 Å². The van der Waals surface area contributed by atoms with Crippen molar-refractivity contribution in [2.75, 3.05) is 6.61 Å². The number of aliphatic hydroxyl groups excluding tert-OH is 2. The number of aliphatic hydroxyl groups is 2. The lowest BCUT2D eigenvalue weighted by molar-refractivity contribution is -0.147. The molecule has 0 bridgehead atoms. The lowest BCUT2D eigenvalue weighted by Gasteiger charge is -2.34. The van der Waals surface area contributed by atoms with E-state index in [1.807, 2.05) is 0 Å². The molecule has 1 saturated carbocycles. The Morgan fingerprint density at radius 2 is 1.94 bits per heavy atom. The van der Waals surface area contributed by atoms with Crippen molar-refractivity contribution in [3.8, 4) is 0 Å². The number of ether oxygens (including phenoxy) is 1. The van der Waals surface area contributed by atoms with Crippen LogP contribution in [0.2, 0.25) is 0 Å². The molecule has 0 radical (unpaired) electrons. The molecule has 0 spiro atoms. The number of nitrogens with one attached hydrogen (secondary N) is 1. The predicted molar refractivity (Wildman–Crippen MR) is 60.8 cm³/mol. The first-order valence-electron chi connectivity index (χ1n) is 5.58. The molecule has 102 valence electrons. The van der Waals surface area contributed by atoms with E-state index < -0.39 is 36.2 Å². The summed E-state index contributed by atoms with van der Waals surface area (Å²) in [5.74, 6) is -2.07. The van der Waals surface area contributed by atoms with Gasteiger partial charge in [-0.2, -0.15) is 0 Å². The molecule has 18 heavy (non-hydrogen) atoms.